The van der Waals surface area contributed by atoms with E-state index in [2.05, 4.69) is 54.2 Å². The van der Waals surface area contributed by atoms with Crippen LogP contribution < -0.4 is 10.1 Å². The van der Waals surface area contributed by atoms with Gasteiger partial charge in [0.15, 0.2) is 0 Å². The zero-order chi connectivity index (χ0) is 23.1. The summed E-state index contributed by atoms with van der Waals surface area (Å²) in [7, 11) is 3.28. The second-order valence-electron chi connectivity index (χ2n) is 9.62. The van der Waals surface area contributed by atoms with Gasteiger partial charge in [-0.1, -0.05) is 39.0 Å². The van der Waals surface area contributed by atoms with Crippen LogP contribution >= 0.6 is 0 Å². The smallest absolute Gasteiger partial charge is 0.246 e. The number of ether oxygens (including phenoxy) is 2. The van der Waals surface area contributed by atoms with Gasteiger partial charge in [-0.15, -0.1) is 0 Å². The molecule has 32 heavy (non-hydrogen) atoms. The van der Waals surface area contributed by atoms with Gasteiger partial charge in [0.05, 0.1) is 18.8 Å². The monoisotopic (exact) mass is 439 g/mol. The average molecular weight is 440 g/mol. The first-order valence-electron chi connectivity index (χ1n) is 11.4. The molecule has 1 fully saturated rings. The first kappa shape index (κ1) is 24.2. The van der Waals surface area contributed by atoms with Crippen LogP contribution in [0.4, 0.5) is 0 Å². The molecule has 1 aromatic carbocycles. The van der Waals surface area contributed by atoms with E-state index in [1.807, 2.05) is 18.2 Å². The van der Waals surface area contributed by atoms with Crippen LogP contribution in [0.2, 0.25) is 0 Å². The highest BCUT2D eigenvalue weighted by atomic mass is 16.5. The number of amides is 1. The Morgan fingerprint density at radius 2 is 1.94 bits per heavy atom. The van der Waals surface area contributed by atoms with Crippen molar-refractivity contribution < 1.29 is 14.3 Å². The Morgan fingerprint density at radius 3 is 2.53 bits per heavy atom. The lowest BCUT2D eigenvalue weighted by molar-refractivity contribution is -0.126. The third kappa shape index (κ3) is 6.30. The predicted octanol–water partition coefficient (Wildman–Crippen LogP) is 4.10. The zero-order valence-electron chi connectivity index (χ0n) is 20.1. The number of benzene rings is 1. The van der Waals surface area contributed by atoms with Gasteiger partial charge in [-0.05, 0) is 61.0 Å². The van der Waals surface area contributed by atoms with E-state index in [9.17, 15) is 4.79 Å². The number of carbonyl (C=O) groups excluding carboxylic acids is 1. The number of hydrogen-bond acceptors (Lipinski definition) is 5. The summed E-state index contributed by atoms with van der Waals surface area (Å²) in [5.74, 6) is 1.18. The summed E-state index contributed by atoms with van der Waals surface area (Å²) in [6.45, 7) is 9.57. The van der Waals surface area contributed by atoms with Crippen molar-refractivity contribution >= 4 is 5.91 Å². The standard InChI is InChI=1S/C26H37N3O3/c1-26(2,3)21-9-10-23(32-5)20(16-21)17-29-14-11-19(12-15-29)25(28-24(30)18-31-4)22-8-6-7-13-27-22/h6-10,13,16,19,25H,11-12,14-15,17-18H2,1-5H3,(H,28,30)/t25-/m0/s1. The van der Waals surface area contributed by atoms with Gasteiger partial charge in [0, 0.05) is 25.4 Å². The molecule has 174 valence electrons. The lowest BCUT2D eigenvalue weighted by Gasteiger charge is -2.36. The molecule has 1 aliphatic rings. The molecule has 1 saturated heterocycles. The molecule has 6 nitrogen and oxygen atoms in total. The maximum atomic E-state index is 12.3. The highest BCUT2D eigenvalue weighted by molar-refractivity contribution is 5.77. The van der Waals surface area contributed by atoms with E-state index in [1.54, 1.807) is 13.3 Å². The summed E-state index contributed by atoms with van der Waals surface area (Å²) >= 11 is 0. The topological polar surface area (TPSA) is 63.7 Å². The molecule has 0 unspecified atom stereocenters. The number of carbonyl (C=O) groups is 1. The van der Waals surface area contributed by atoms with Crippen molar-refractivity contribution in [3.8, 4) is 5.75 Å². The number of nitrogens with one attached hydrogen (secondary N) is 1. The van der Waals surface area contributed by atoms with E-state index in [4.69, 9.17) is 9.47 Å². The van der Waals surface area contributed by atoms with Crippen LogP contribution in [0.25, 0.3) is 0 Å². The van der Waals surface area contributed by atoms with Crippen LogP contribution in [0.15, 0.2) is 42.6 Å². The number of pyridine rings is 1. The largest absolute Gasteiger partial charge is 0.496 e. The van der Waals surface area contributed by atoms with Crippen LogP contribution in [0.3, 0.4) is 0 Å². The van der Waals surface area contributed by atoms with Gasteiger partial charge >= 0.3 is 0 Å². The fourth-order valence-corrected chi connectivity index (χ4v) is 4.39. The third-order valence-electron chi connectivity index (χ3n) is 6.24. The van der Waals surface area contributed by atoms with Gasteiger partial charge in [0.2, 0.25) is 5.91 Å². The van der Waals surface area contributed by atoms with Crippen molar-refractivity contribution in [1.82, 2.24) is 15.2 Å². The molecule has 0 spiro atoms. The maximum absolute atomic E-state index is 12.3. The van der Waals surface area contributed by atoms with E-state index in [1.165, 1.54) is 18.2 Å². The minimum Gasteiger partial charge on any atom is -0.496 e. The van der Waals surface area contributed by atoms with E-state index in [0.717, 1.165) is 43.9 Å². The number of rotatable bonds is 8. The molecule has 0 aliphatic carbocycles. The number of hydrogen-bond donors (Lipinski definition) is 1. The Balaban J connectivity index is 1.68. The Bertz CT molecular complexity index is 872. The normalized spacial score (nSPS) is 16.5. The van der Waals surface area contributed by atoms with Gasteiger partial charge in [-0.3, -0.25) is 14.7 Å². The number of aromatic nitrogens is 1. The molecule has 1 aliphatic heterocycles. The Labute approximate surface area is 192 Å². The first-order chi connectivity index (χ1) is 15.3. The predicted molar refractivity (Wildman–Crippen MR) is 127 cm³/mol. The molecule has 1 N–H and O–H groups in total. The highest BCUT2D eigenvalue weighted by Gasteiger charge is 2.30. The van der Waals surface area contributed by atoms with Crippen LogP contribution in [0.5, 0.6) is 5.75 Å². The first-order valence-corrected chi connectivity index (χ1v) is 11.4. The lowest BCUT2D eigenvalue weighted by atomic mass is 9.85. The molecule has 0 radical (unpaired) electrons. The Morgan fingerprint density at radius 1 is 1.19 bits per heavy atom. The van der Waals surface area contributed by atoms with Crippen molar-refractivity contribution in [2.75, 3.05) is 33.9 Å². The van der Waals surface area contributed by atoms with Crippen molar-refractivity contribution in [3.05, 3.63) is 59.4 Å². The van der Waals surface area contributed by atoms with Gasteiger partial charge in [-0.2, -0.15) is 0 Å². The van der Waals surface area contributed by atoms with E-state index in [-0.39, 0.29) is 24.0 Å². The molecule has 2 heterocycles. The zero-order valence-corrected chi connectivity index (χ0v) is 20.1. The molecule has 3 rings (SSSR count). The van der Waals surface area contributed by atoms with Crippen molar-refractivity contribution in [2.24, 2.45) is 5.92 Å². The Kier molecular flexibility index (Phi) is 8.26. The summed E-state index contributed by atoms with van der Waals surface area (Å²) in [6.07, 6.45) is 3.78. The maximum Gasteiger partial charge on any atom is 0.246 e. The highest BCUT2D eigenvalue weighted by Crippen LogP contribution is 2.33. The van der Waals surface area contributed by atoms with Gasteiger partial charge in [0.1, 0.15) is 12.4 Å². The Hall–Kier alpha value is -2.44. The summed E-state index contributed by atoms with van der Waals surface area (Å²) in [6, 6.07) is 12.3. The van der Waals surface area contributed by atoms with Crippen molar-refractivity contribution in [1.29, 1.82) is 0 Å². The summed E-state index contributed by atoms with van der Waals surface area (Å²) in [4.78, 5) is 19.3. The van der Waals surface area contributed by atoms with Crippen LogP contribution in [0, 0.1) is 5.92 Å². The van der Waals surface area contributed by atoms with Crippen molar-refractivity contribution in [3.63, 3.8) is 0 Å². The second-order valence-corrected chi connectivity index (χ2v) is 9.62. The van der Waals surface area contributed by atoms with E-state index in [0.29, 0.717) is 5.92 Å². The van der Waals surface area contributed by atoms with E-state index >= 15 is 0 Å². The molecule has 0 saturated carbocycles. The molecule has 0 bridgehead atoms. The van der Waals surface area contributed by atoms with Crippen LogP contribution in [-0.2, 0) is 21.5 Å². The SMILES string of the molecule is COCC(=O)N[C@H](c1ccccn1)C1CCN(Cc2cc(C(C)(C)C)ccc2OC)CC1. The average Bonchev–Trinajstić information content (AvgIpc) is 2.78. The molecule has 1 amide bonds. The molecular weight excluding hydrogens is 402 g/mol. The minimum absolute atomic E-state index is 0.0616. The van der Waals surface area contributed by atoms with Crippen LogP contribution in [0.1, 0.15) is 56.5 Å². The molecule has 1 aromatic heterocycles. The molecule has 2 aromatic rings. The van der Waals surface area contributed by atoms with Gasteiger partial charge in [0.25, 0.3) is 0 Å². The van der Waals surface area contributed by atoms with E-state index < -0.39 is 0 Å². The van der Waals surface area contributed by atoms with Crippen LogP contribution in [-0.4, -0.2) is 49.7 Å². The lowest BCUT2D eigenvalue weighted by Crippen LogP contribution is -2.41. The third-order valence-corrected chi connectivity index (χ3v) is 6.24. The summed E-state index contributed by atoms with van der Waals surface area (Å²) < 4.78 is 10.7. The number of likely N-dealkylation sites (tertiary alicyclic amines) is 1. The van der Waals surface area contributed by atoms with Crippen molar-refractivity contribution in [2.45, 2.75) is 51.6 Å². The molecule has 1 atom stereocenters. The number of piperidine rings is 1. The molecule has 6 heteroatoms. The fourth-order valence-electron chi connectivity index (χ4n) is 4.39. The number of methoxy groups -OCH3 is 2. The van der Waals surface area contributed by atoms with Gasteiger partial charge < -0.3 is 14.8 Å². The second kappa shape index (κ2) is 10.9. The van der Waals surface area contributed by atoms with Gasteiger partial charge in [-0.25, -0.2) is 0 Å². The molecular formula is C26H37N3O3. The fraction of sp³-hybridized carbons (Fsp3) is 0.538. The summed E-state index contributed by atoms with van der Waals surface area (Å²) in [5, 5.41) is 3.15. The minimum atomic E-state index is -0.102. The quantitative estimate of drug-likeness (QED) is 0.671. The number of nitrogens with zero attached hydrogens (tertiary/aromatic N) is 2. The summed E-state index contributed by atoms with van der Waals surface area (Å²) in [5.41, 5.74) is 3.56.